The zero-order valence-corrected chi connectivity index (χ0v) is 23.3. The molecule has 3 aromatic rings. The van der Waals surface area contributed by atoms with Crippen molar-refractivity contribution in [3.63, 3.8) is 0 Å². The van der Waals surface area contributed by atoms with E-state index in [4.69, 9.17) is 25.6 Å². The van der Waals surface area contributed by atoms with Crippen molar-refractivity contribution >= 4 is 29.2 Å². The predicted molar refractivity (Wildman–Crippen MR) is 157 cm³/mol. The third-order valence-corrected chi connectivity index (χ3v) is 7.16. The van der Waals surface area contributed by atoms with Crippen LogP contribution in [0.2, 0.25) is 0 Å². The van der Waals surface area contributed by atoms with Gasteiger partial charge in [0, 0.05) is 50.0 Å². The fraction of sp³-hybridized carbons (Fsp3) is 0.414. The number of ether oxygens (including phenoxy) is 2. The van der Waals surface area contributed by atoms with Crippen molar-refractivity contribution in [1.29, 1.82) is 5.41 Å². The van der Waals surface area contributed by atoms with Gasteiger partial charge in [0.05, 0.1) is 19.8 Å². The van der Waals surface area contributed by atoms with E-state index in [2.05, 4.69) is 37.9 Å². The molecule has 0 spiro atoms. The Morgan fingerprint density at radius 3 is 2.56 bits per heavy atom. The molecule has 3 heterocycles. The second-order valence-electron chi connectivity index (χ2n) is 10.1. The first-order chi connectivity index (χ1) is 20.0. The van der Waals surface area contributed by atoms with Gasteiger partial charge in [-0.2, -0.15) is 4.98 Å². The van der Waals surface area contributed by atoms with Crippen LogP contribution < -0.4 is 26.0 Å². The molecule has 1 aromatic heterocycles. The van der Waals surface area contributed by atoms with Gasteiger partial charge in [0.25, 0.3) is 5.91 Å². The molecule has 2 aliphatic rings. The molecule has 2 aromatic carbocycles. The Hall–Kier alpha value is -4.29. The molecule has 2 saturated heterocycles. The van der Waals surface area contributed by atoms with Crippen molar-refractivity contribution in [3.05, 3.63) is 65.4 Å². The second kappa shape index (κ2) is 13.4. The number of hydrogen-bond acceptors (Lipinski definition) is 10. The number of morpholine rings is 1. The summed E-state index contributed by atoms with van der Waals surface area (Å²) in [4.78, 5) is 21.4. The van der Waals surface area contributed by atoms with Gasteiger partial charge in [-0.05, 0) is 61.7 Å². The van der Waals surface area contributed by atoms with Crippen LogP contribution in [-0.2, 0) is 11.3 Å². The maximum absolute atomic E-state index is 12.8. The molecule has 0 radical (unpaired) electrons. The lowest BCUT2D eigenvalue weighted by molar-refractivity contribution is 0.0303. The first-order valence-electron chi connectivity index (χ1n) is 14.0. The number of hydrogen-bond donors (Lipinski definition) is 4. The van der Waals surface area contributed by atoms with Crippen molar-refractivity contribution in [2.75, 3.05) is 56.2 Å². The van der Waals surface area contributed by atoms with Gasteiger partial charge in [-0.25, -0.2) is 0 Å². The molecule has 2 fully saturated rings. The van der Waals surface area contributed by atoms with Gasteiger partial charge < -0.3 is 35.6 Å². The SMILES string of the molecule is CCOc1ccc(CN[C@@H]2CCCN(c3nnc(C(=N)N)c(Nc4ccc(C(=O)N5CCOCC5)cc4)n3)C2)cc1. The van der Waals surface area contributed by atoms with Crippen LogP contribution in [-0.4, -0.2) is 83.9 Å². The zero-order valence-electron chi connectivity index (χ0n) is 23.3. The molecule has 12 nitrogen and oxygen atoms in total. The molecule has 5 rings (SSSR count). The zero-order chi connectivity index (χ0) is 28.6. The van der Waals surface area contributed by atoms with E-state index in [0.717, 1.165) is 38.2 Å². The molecule has 5 N–H and O–H groups in total. The molecular weight excluding hydrogens is 522 g/mol. The Morgan fingerprint density at radius 2 is 1.85 bits per heavy atom. The summed E-state index contributed by atoms with van der Waals surface area (Å²) in [6.45, 7) is 7.21. The molecule has 0 unspecified atom stereocenters. The fourth-order valence-electron chi connectivity index (χ4n) is 4.96. The van der Waals surface area contributed by atoms with Gasteiger partial charge >= 0.3 is 0 Å². The largest absolute Gasteiger partial charge is 0.494 e. The van der Waals surface area contributed by atoms with Gasteiger partial charge in [0.15, 0.2) is 11.5 Å². The van der Waals surface area contributed by atoms with Crippen LogP contribution in [0.15, 0.2) is 48.5 Å². The molecule has 1 amide bonds. The van der Waals surface area contributed by atoms with E-state index in [-0.39, 0.29) is 23.5 Å². The summed E-state index contributed by atoms with van der Waals surface area (Å²) < 4.78 is 10.9. The Morgan fingerprint density at radius 1 is 1.10 bits per heavy atom. The number of amidine groups is 1. The maximum atomic E-state index is 12.8. The lowest BCUT2D eigenvalue weighted by Crippen LogP contribution is -2.46. The Bertz CT molecular complexity index is 1330. The summed E-state index contributed by atoms with van der Waals surface area (Å²) in [6, 6.07) is 15.6. The van der Waals surface area contributed by atoms with Crippen LogP contribution in [0.25, 0.3) is 0 Å². The Balaban J connectivity index is 1.24. The number of nitrogen functional groups attached to an aromatic ring is 1. The van der Waals surface area contributed by atoms with Crippen LogP contribution in [0.4, 0.5) is 17.5 Å². The number of aromatic nitrogens is 3. The van der Waals surface area contributed by atoms with Crippen LogP contribution in [0.5, 0.6) is 5.75 Å². The lowest BCUT2D eigenvalue weighted by Gasteiger charge is -2.33. The van der Waals surface area contributed by atoms with Crippen molar-refractivity contribution in [1.82, 2.24) is 25.4 Å². The minimum absolute atomic E-state index is 0.0222. The second-order valence-corrected chi connectivity index (χ2v) is 10.1. The van der Waals surface area contributed by atoms with Crippen LogP contribution in [0.3, 0.4) is 0 Å². The first kappa shape index (κ1) is 28.2. The maximum Gasteiger partial charge on any atom is 0.254 e. The predicted octanol–water partition coefficient (Wildman–Crippen LogP) is 2.53. The number of anilines is 3. The molecular formula is C29H37N9O3. The van der Waals surface area contributed by atoms with Crippen molar-refractivity contribution < 1.29 is 14.3 Å². The molecule has 0 saturated carbocycles. The highest BCUT2D eigenvalue weighted by molar-refractivity contribution is 5.98. The number of carbonyl (C=O) groups is 1. The summed E-state index contributed by atoms with van der Waals surface area (Å²) >= 11 is 0. The minimum Gasteiger partial charge on any atom is -0.494 e. The van der Waals surface area contributed by atoms with E-state index in [9.17, 15) is 4.79 Å². The van der Waals surface area contributed by atoms with Crippen molar-refractivity contribution in [2.45, 2.75) is 32.4 Å². The molecule has 216 valence electrons. The summed E-state index contributed by atoms with van der Waals surface area (Å²) in [5.74, 6) is 1.45. The normalized spacial score (nSPS) is 17.2. The van der Waals surface area contributed by atoms with E-state index < -0.39 is 0 Å². The monoisotopic (exact) mass is 559 g/mol. The number of amides is 1. The van der Waals surface area contributed by atoms with Gasteiger partial charge in [0.2, 0.25) is 5.95 Å². The van der Waals surface area contributed by atoms with Crippen molar-refractivity contribution in [3.8, 4) is 5.75 Å². The third-order valence-electron chi connectivity index (χ3n) is 7.16. The smallest absolute Gasteiger partial charge is 0.254 e. The number of carbonyl (C=O) groups excluding carboxylic acids is 1. The van der Waals surface area contributed by atoms with Crippen LogP contribution in [0, 0.1) is 5.41 Å². The summed E-state index contributed by atoms with van der Waals surface area (Å²) in [5.41, 5.74) is 8.46. The fourth-order valence-corrected chi connectivity index (χ4v) is 4.96. The van der Waals surface area contributed by atoms with E-state index in [1.165, 1.54) is 5.56 Å². The summed E-state index contributed by atoms with van der Waals surface area (Å²) in [6.07, 6.45) is 2.03. The van der Waals surface area contributed by atoms with Gasteiger partial charge in [-0.1, -0.05) is 12.1 Å². The highest BCUT2D eigenvalue weighted by atomic mass is 16.5. The topological polar surface area (TPSA) is 155 Å². The van der Waals surface area contributed by atoms with Crippen LogP contribution >= 0.6 is 0 Å². The number of nitrogens with zero attached hydrogens (tertiary/aromatic N) is 5. The minimum atomic E-state index is -0.230. The highest BCUT2D eigenvalue weighted by Crippen LogP contribution is 2.23. The lowest BCUT2D eigenvalue weighted by atomic mass is 10.1. The molecule has 12 heteroatoms. The van der Waals surface area contributed by atoms with Gasteiger partial charge in [-0.3, -0.25) is 10.2 Å². The average molecular weight is 560 g/mol. The number of piperidine rings is 1. The summed E-state index contributed by atoms with van der Waals surface area (Å²) in [5, 5.41) is 23.4. The number of benzene rings is 2. The quantitative estimate of drug-likeness (QED) is 0.215. The van der Waals surface area contributed by atoms with E-state index in [1.807, 2.05) is 19.1 Å². The number of nitrogens with one attached hydrogen (secondary N) is 3. The molecule has 0 aliphatic carbocycles. The molecule has 41 heavy (non-hydrogen) atoms. The van der Waals surface area contributed by atoms with E-state index in [1.54, 1.807) is 29.2 Å². The number of rotatable bonds is 10. The third kappa shape index (κ3) is 7.27. The molecule has 2 aliphatic heterocycles. The molecule has 0 bridgehead atoms. The Kier molecular flexibility index (Phi) is 9.22. The molecule has 1 atom stereocenters. The van der Waals surface area contributed by atoms with Crippen molar-refractivity contribution in [2.24, 2.45) is 5.73 Å². The average Bonchev–Trinajstić information content (AvgIpc) is 3.01. The highest BCUT2D eigenvalue weighted by Gasteiger charge is 2.24. The van der Waals surface area contributed by atoms with E-state index in [0.29, 0.717) is 55.9 Å². The standard InChI is InChI=1S/C29H37N9O3/c1-2-41-24-11-5-20(6-12-24)18-32-23-4-3-13-38(19-23)29-34-27(25(26(30)31)35-36-29)33-22-9-7-21(8-10-22)28(39)37-14-16-40-17-15-37/h5-12,23,32H,2-4,13-19H2,1H3,(H3,30,31)(H,33,34,36)/t23-/m1/s1. The first-order valence-corrected chi connectivity index (χ1v) is 14.0. The van der Waals surface area contributed by atoms with Gasteiger partial charge in [-0.15, -0.1) is 10.2 Å². The van der Waals surface area contributed by atoms with E-state index >= 15 is 0 Å². The Labute approximate surface area is 239 Å². The summed E-state index contributed by atoms with van der Waals surface area (Å²) in [7, 11) is 0. The van der Waals surface area contributed by atoms with Gasteiger partial charge in [0.1, 0.15) is 11.6 Å². The number of nitrogens with two attached hydrogens (primary N) is 1. The van der Waals surface area contributed by atoms with Crippen LogP contribution in [0.1, 0.15) is 41.4 Å².